The summed E-state index contributed by atoms with van der Waals surface area (Å²) in [6.07, 6.45) is 0. The molecular weight excluding hydrogens is 238 g/mol. The molecule has 0 saturated carbocycles. The predicted octanol–water partition coefficient (Wildman–Crippen LogP) is -0.143. The van der Waals surface area contributed by atoms with Crippen molar-refractivity contribution in [1.82, 2.24) is 15.5 Å². The van der Waals surface area contributed by atoms with Crippen LogP contribution >= 0.6 is 0 Å². The Morgan fingerprint density at radius 2 is 2.11 bits per heavy atom. The van der Waals surface area contributed by atoms with E-state index in [-0.39, 0.29) is 18.2 Å². The fourth-order valence-corrected chi connectivity index (χ4v) is 1.37. The topological polar surface area (TPSA) is 112 Å². The molecule has 98 valence electrons. The van der Waals surface area contributed by atoms with Gasteiger partial charge in [0.1, 0.15) is 5.69 Å². The van der Waals surface area contributed by atoms with Crippen LogP contribution in [-0.4, -0.2) is 33.7 Å². The molecule has 0 aromatic carbocycles. The molecule has 18 heavy (non-hydrogen) atoms. The van der Waals surface area contributed by atoms with E-state index in [2.05, 4.69) is 15.5 Å². The maximum atomic E-state index is 11.6. The zero-order valence-corrected chi connectivity index (χ0v) is 10.1. The maximum absolute atomic E-state index is 11.6. The minimum absolute atomic E-state index is 0.0205. The average molecular weight is 253 g/mol. The van der Waals surface area contributed by atoms with Gasteiger partial charge >= 0.3 is 5.97 Å². The van der Waals surface area contributed by atoms with Crippen LogP contribution < -0.4 is 10.9 Å². The van der Waals surface area contributed by atoms with Crippen LogP contribution in [0.15, 0.2) is 16.9 Å². The van der Waals surface area contributed by atoms with Gasteiger partial charge in [0.2, 0.25) is 0 Å². The Hall–Kier alpha value is -2.18. The summed E-state index contributed by atoms with van der Waals surface area (Å²) >= 11 is 0. The number of aliphatic carboxylic acids is 1. The molecule has 1 heterocycles. The number of rotatable bonds is 5. The Morgan fingerprint density at radius 1 is 1.44 bits per heavy atom. The van der Waals surface area contributed by atoms with E-state index in [9.17, 15) is 14.4 Å². The van der Waals surface area contributed by atoms with E-state index >= 15 is 0 Å². The molecule has 0 spiro atoms. The van der Waals surface area contributed by atoms with Crippen LogP contribution in [0.5, 0.6) is 0 Å². The lowest BCUT2D eigenvalue weighted by Gasteiger charge is -2.16. The number of carbonyl (C=O) groups is 2. The van der Waals surface area contributed by atoms with Crippen molar-refractivity contribution in [2.45, 2.75) is 13.8 Å². The number of hydrogen-bond acceptors (Lipinski definition) is 4. The van der Waals surface area contributed by atoms with Crippen LogP contribution in [0.25, 0.3) is 0 Å². The first-order valence-electron chi connectivity index (χ1n) is 5.48. The fraction of sp³-hybridized carbons (Fsp3) is 0.455. The van der Waals surface area contributed by atoms with Crippen LogP contribution in [0.2, 0.25) is 0 Å². The van der Waals surface area contributed by atoms with E-state index in [0.29, 0.717) is 0 Å². The second-order valence-corrected chi connectivity index (χ2v) is 4.21. The summed E-state index contributed by atoms with van der Waals surface area (Å²) in [6.45, 7) is 3.55. The van der Waals surface area contributed by atoms with Crippen LogP contribution in [0.1, 0.15) is 24.3 Å². The van der Waals surface area contributed by atoms with Gasteiger partial charge < -0.3 is 10.4 Å². The molecule has 0 aliphatic rings. The monoisotopic (exact) mass is 253 g/mol. The lowest BCUT2D eigenvalue weighted by atomic mass is 9.96. The molecule has 0 aliphatic carbocycles. The molecule has 7 heteroatoms. The van der Waals surface area contributed by atoms with Crippen molar-refractivity contribution in [2.24, 2.45) is 11.8 Å². The molecule has 7 nitrogen and oxygen atoms in total. The molecule has 0 saturated heterocycles. The Balaban J connectivity index is 2.63. The lowest BCUT2D eigenvalue weighted by molar-refractivity contribution is -0.142. The van der Waals surface area contributed by atoms with Crippen molar-refractivity contribution in [3.8, 4) is 0 Å². The van der Waals surface area contributed by atoms with Gasteiger partial charge in [-0.05, 0) is 12.0 Å². The number of amides is 1. The second kappa shape index (κ2) is 5.95. The summed E-state index contributed by atoms with van der Waals surface area (Å²) < 4.78 is 0. The number of H-pyrrole nitrogens is 1. The number of aromatic nitrogens is 2. The molecule has 0 fully saturated rings. The first-order chi connectivity index (χ1) is 8.41. The van der Waals surface area contributed by atoms with E-state index in [0.717, 1.165) is 0 Å². The molecule has 1 aromatic rings. The normalized spacial score (nSPS) is 12.2. The first-order valence-corrected chi connectivity index (χ1v) is 5.48. The Morgan fingerprint density at radius 3 is 2.56 bits per heavy atom. The standard InChI is InChI=1S/C11H15N3O4/c1-6(2)7(11(17)18)5-12-10(16)8-3-4-9(15)14-13-8/h3-4,6-7H,5H2,1-2H3,(H,12,16)(H,14,15)(H,17,18). The molecule has 1 amide bonds. The smallest absolute Gasteiger partial charge is 0.308 e. The van der Waals surface area contributed by atoms with Gasteiger partial charge in [-0.25, -0.2) is 5.10 Å². The predicted molar refractivity (Wildman–Crippen MR) is 63.2 cm³/mol. The van der Waals surface area contributed by atoms with Gasteiger partial charge in [0, 0.05) is 12.6 Å². The van der Waals surface area contributed by atoms with Gasteiger partial charge in [0.25, 0.3) is 11.5 Å². The highest BCUT2D eigenvalue weighted by molar-refractivity contribution is 5.92. The van der Waals surface area contributed by atoms with Crippen molar-refractivity contribution >= 4 is 11.9 Å². The first kappa shape index (κ1) is 13.9. The molecule has 1 atom stereocenters. The van der Waals surface area contributed by atoms with Crippen LogP contribution in [0, 0.1) is 11.8 Å². The molecule has 0 aliphatic heterocycles. The van der Waals surface area contributed by atoms with Gasteiger partial charge in [-0.15, -0.1) is 0 Å². The number of aromatic amines is 1. The quantitative estimate of drug-likeness (QED) is 0.676. The summed E-state index contributed by atoms with van der Waals surface area (Å²) in [5.41, 5.74) is -0.361. The molecule has 1 aromatic heterocycles. The number of nitrogens with one attached hydrogen (secondary N) is 2. The number of nitrogens with zero attached hydrogens (tertiary/aromatic N) is 1. The molecule has 1 unspecified atom stereocenters. The van der Waals surface area contributed by atoms with Crippen LogP contribution in [0.3, 0.4) is 0 Å². The highest BCUT2D eigenvalue weighted by Crippen LogP contribution is 2.09. The van der Waals surface area contributed by atoms with Gasteiger partial charge in [-0.2, -0.15) is 5.10 Å². The summed E-state index contributed by atoms with van der Waals surface area (Å²) in [5.74, 6) is -2.22. The van der Waals surface area contributed by atoms with E-state index in [1.165, 1.54) is 12.1 Å². The van der Waals surface area contributed by atoms with Crippen molar-refractivity contribution in [1.29, 1.82) is 0 Å². The summed E-state index contributed by atoms with van der Waals surface area (Å²) in [5, 5.41) is 17.1. The lowest BCUT2D eigenvalue weighted by Crippen LogP contribution is -2.36. The second-order valence-electron chi connectivity index (χ2n) is 4.21. The molecule has 3 N–H and O–H groups in total. The molecule has 1 rings (SSSR count). The third-order valence-electron chi connectivity index (χ3n) is 2.52. The zero-order valence-electron chi connectivity index (χ0n) is 10.1. The Bertz CT molecular complexity index is 475. The van der Waals surface area contributed by atoms with E-state index < -0.39 is 23.4 Å². The van der Waals surface area contributed by atoms with Gasteiger partial charge in [0.15, 0.2) is 0 Å². The van der Waals surface area contributed by atoms with Crippen molar-refractivity contribution in [2.75, 3.05) is 6.54 Å². The number of carboxylic acid groups (broad SMARTS) is 1. The highest BCUT2D eigenvalue weighted by Gasteiger charge is 2.22. The van der Waals surface area contributed by atoms with E-state index in [1.54, 1.807) is 13.8 Å². The third kappa shape index (κ3) is 3.69. The van der Waals surface area contributed by atoms with E-state index in [1.807, 2.05) is 0 Å². The minimum atomic E-state index is -0.959. The third-order valence-corrected chi connectivity index (χ3v) is 2.52. The molecular formula is C11H15N3O4. The van der Waals surface area contributed by atoms with Gasteiger partial charge in [-0.3, -0.25) is 14.4 Å². The minimum Gasteiger partial charge on any atom is -0.481 e. The van der Waals surface area contributed by atoms with Crippen LogP contribution in [0.4, 0.5) is 0 Å². The van der Waals surface area contributed by atoms with Crippen molar-refractivity contribution in [3.05, 3.63) is 28.2 Å². The zero-order chi connectivity index (χ0) is 13.7. The molecule has 0 radical (unpaired) electrons. The van der Waals surface area contributed by atoms with E-state index in [4.69, 9.17) is 5.11 Å². The summed E-state index contributed by atoms with van der Waals surface area (Å²) in [7, 11) is 0. The SMILES string of the molecule is CC(C)C(CNC(=O)c1ccc(=O)[nH]n1)C(=O)O. The average Bonchev–Trinajstić information content (AvgIpc) is 2.28. The number of hydrogen-bond donors (Lipinski definition) is 3. The van der Waals surface area contributed by atoms with Gasteiger partial charge in [-0.1, -0.05) is 13.8 Å². The number of carbonyl (C=O) groups excluding carboxylic acids is 1. The summed E-state index contributed by atoms with van der Waals surface area (Å²) in [6, 6.07) is 2.46. The summed E-state index contributed by atoms with van der Waals surface area (Å²) in [4.78, 5) is 33.3. The van der Waals surface area contributed by atoms with Gasteiger partial charge in [0.05, 0.1) is 5.92 Å². The fourth-order valence-electron chi connectivity index (χ4n) is 1.37. The van der Waals surface area contributed by atoms with Crippen molar-refractivity contribution in [3.63, 3.8) is 0 Å². The van der Waals surface area contributed by atoms with Crippen molar-refractivity contribution < 1.29 is 14.7 Å². The molecule has 0 bridgehead atoms. The maximum Gasteiger partial charge on any atom is 0.308 e. The largest absolute Gasteiger partial charge is 0.481 e. The Kier molecular flexibility index (Phi) is 4.59. The number of carboxylic acids is 1. The Labute approximate surface area is 103 Å². The highest BCUT2D eigenvalue weighted by atomic mass is 16.4. The van der Waals surface area contributed by atoms with Crippen LogP contribution in [-0.2, 0) is 4.79 Å².